The van der Waals surface area contributed by atoms with Crippen molar-refractivity contribution >= 4 is 23.2 Å². The topological polar surface area (TPSA) is 60.3 Å². The largest absolute Gasteiger partial charge is 0.497 e. The van der Waals surface area contributed by atoms with Gasteiger partial charge >= 0.3 is 0 Å². The number of nitrogens with one attached hydrogen (secondary N) is 1. The third-order valence-electron chi connectivity index (χ3n) is 4.08. The second-order valence-corrected chi connectivity index (χ2v) is 6.56. The molecule has 0 aliphatic rings. The molecule has 0 aliphatic carbocycles. The molecule has 1 aromatic heterocycles. The first-order valence-corrected chi connectivity index (χ1v) is 8.75. The predicted molar refractivity (Wildman–Crippen MR) is 107 cm³/mol. The molecule has 5 nitrogen and oxygen atoms in total. The van der Waals surface area contributed by atoms with Crippen molar-refractivity contribution in [2.45, 2.75) is 13.5 Å². The molecule has 0 spiro atoms. The molecule has 1 heterocycles. The Balaban J connectivity index is 1.90. The number of anilines is 1. The summed E-state index contributed by atoms with van der Waals surface area (Å²) in [5.41, 5.74) is 2.02. The molecule has 3 aromatic rings. The van der Waals surface area contributed by atoms with Gasteiger partial charge in [0.2, 0.25) is 0 Å². The Bertz CT molecular complexity index is 1040. The molecular formula is C21H19ClN2O3. The summed E-state index contributed by atoms with van der Waals surface area (Å²) in [5, 5.41) is 3.01. The summed E-state index contributed by atoms with van der Waals surface area (Å²) in [7, 11) is 1.60. The highest BCUT2D eigenvalue weighted by Crippen LogP contribution is 2.17. The van der Waals surface area contributed by atoms with E-state index in [1.165, 1.54) is 0 Å². The molecule has 6 heteroatoms. The van der Waals surface area contributed by atoms with Crippen molar-refractivity contribution in [3.8, 4) is 5.75 Å². The van der Waals surface area contributed by atoms with Gasteiger partial charge in [0.1, 0.15) is 11.4 Å². The zero-order chi connectivity index (χ0) is 19.4. The van der Waals surface area contributed by atoms with Gasteiger partial charge in [0, 0.05) is 6.20 Å². The fourth-order valence-electron chi connectivity index (χ4n) is 2.80. The van der Waals surface area contributed by atoms with E-state index in [1.54, 1.807) is 48.2 Å². The molecule has 2 aromatic carbocycles. The number of carbonyl (C=O) groups is 1. The van der Waals surface area contributed by atoms with Crippen LogP contribution in [0.5, 0.6) is 5.75 Å². The van der Waals surface area contributed by atoms with Gasteiger partial charge in [-0.05, 0) is 48.4 Å². The number of nitrogens with zero attached hydrogens (tertiary/aromatic N) is 1. The minimum absolute atomic E-state index is 0.211. The summed E-state index contributed by atoms with van der Waals surface area (Å²) in [6, 6.07) is 15.9. The Morgan fingerprint density at radius 3 is 2.67 bits per heavy atom. The average molecular weight is 383 g/mol. The number of methoxy groups -OCH3 is 1. The van der Waals surface area contributed by atoms with Crippen LogP contribution in [-0.4, -0.2) is 17.6 Å². The number of aromatic nitrogens is 1. The van der Waals surface area contributed by atoms with E-state index in [2.05, 4.69) is 5.32 Å². The third kappa shape index (κ3) is 4.38. The first-order valence-electron chi connectivity index (χ1n) is 8.38. The Morgan fingerprint density at radius 2 is 1.93 bits per heavy atom. The fraction of sp³-hybridized carbons (Fsp3) is 0.143. The van der Waals surface area contributed by atoms with E-state index < -0.39 is 5.91 Å². The highest BCUT2D eigenvalue weighted by molar-refractivity contribution is 6.34. The number of amides is 1. The molecule has 0 saturated carbocycles. The summed E-state index contributed by atoms with van der Waals surface area (Å²) in [4.78, 5) is 25.3. The molecule has 0 unspecified atom stereocenters. The van der Waals surface area contributed by atoms with Crippen molar-refractivity contribution in [1.29, 1.82) is 0 Å². The quantitative estimate of drug-likeness (QED) is 0.722. The van der Waals surface area contributed by atoms with Crippen molar-refractivity contribution in [2.24, 2.45) is 0 Å². The van der Waals surface area contributed by atoms with Gasteiger partial charge in [-0.2, -0.15) is 0 Å². The number of rotatable bonds is 5. The van der Waals surface area contributed by atoms with Crippen LogP contribution in [0.4, 0.5) is 5.69 Å². The van der Waals surface area contributed by atoms with Gasteiger partial charge in [-0.1, -0.05) is 35.9 Å². The van der Waals surface area contributed by atoms with Crippen LogP contribution in [0.1, 0.15) is 21.5 Å². The van der Waals surface area contributed by atoms with Crippen LogP contribution >= 0.6 is 11.6 Å². The maximum atomic E-state index is 12.8. The molecule has 138 valence electrons. The van der Waals surface area contributed by atoms with E-state index in [4.69, 9.17) is 16.3 Å². The lowest BCUT2D eigenvalue weighted by molar-refractivity contribution is 0.102. The predicted octanol–water partition coefficient (Wildman–Crippen LogP) is 4.12. The highest BCUT2D eigenvalue weighted by Gasteiger charge is 2.13. The van der Waals surface area contributed by atoms with Crippen molar-refractivity contribution in [2.75, 3.05) is 12.4 Å². The molecule has 3 rings (SSSR count). The van der Waals surface area contributed by atoms with E-state index >= 15 is 0 Å². The summed E-state index contributed by atoms with van der Waals surface area (Å²) < 4.78 is 6.79. The van der Waals surface area contributed by atoms with E-state index in [9.17, 15) is 9.59 Å². The normalized spacial score (nSPS) is 10.5. The van der Waals surface area contributed by atoms with Gasteiger partial charge in [0.05, 0.1) is 24.2 Å². The van der Waals surface area contributed by atoms with Crippen LogP contribution in [0.3, 0.4) is 0 Å². The van der Waals surface area contributed by atoms with Crippen LogP contribution in [-0.2, 0) is 6.54 Å². The number of hydrogen-bond acceptors (Lipinski definition) is 3. The number of halogens is 1. The zero-order valence-corrected chi connectivity index (χ0v) is 15.8. The minimum atomic E-state index is -0.420. The molecule has 1 amide bonds. The second kappa shape index (κ2) is 8.10. The lowest BCUT2D eigenvalue weighted by Crippen LogP contribution is -2.26. The van der Waals surface area contributed by atoms with Gasteiger partial charge in [-0.15, -0.1) is 0 Å². The van der Waals surface area contributed by atoms with Crippen LogP contribution in [0.15, 0.2) is 65.6 Å². The second-order valence-electron chi connectivity index (χ2n) is 6.15. The van der Waals surface area contributed by atoms with E-state index in [0.717, 1.165) is 16.9 Å². The molecule has 27 heavy (non-hydrogen) atoms. The van der Waals surface area contributed by atoms with Crippen LogP contribution < -0.4 is 15.6 Å². The molecule has 0 saturated heterocycles. The molecule has 0 bridgehead atoms. The fourth-order valence-corrected chi connectivity index (χ4v) is 3.02. The summed E-state index contributed by atoms with van der Waals surface area (Å²) in [5.74, 6) is 0.302. The Hall–Kier alpha value is -3.05. The first kappa shape index (κ1) is 18.7. The molecule has 0 radical (unpaired) electrons. The van der Waals surface area contributed by atoms with Crippen molar-refractivity contribution in [3.63, 3.8) is 0 Å². The molecule has 0 atom stereocenters. The van der Waals surface area contributed by atoms with Gasteiger partial charge in [0.25, 0.3) is 11.5 Å². The lowest BCUT2D eigenvalue weighted by Gasteiger charge is -2.12. The van der Waals surface area contributed by atoms with Crippen molar-refractivity contribution < 1.29 is 9.53 Å². The van der Waals surface area contributed by atoms with Gasteiger partial charge in [0.15, 0.2) is 0 Å². The lowest BCUT2D eigenvalue weighted by atomic mass is 10.2. The van der Waals surface area contributed by atoms with Crippen molar-refractivity contribution in [1.82, 2.24) is 4.57 Å². The average Bonchev–Trinajstić information content (AvgIpc) is 2.66. The van der Waals surface area contributed by atoms with Crippen molar-refractivity contribution in [3.05, 3.63) is 92.9 Å². The van der Waals surface area contributed by atoms with Gasteiger partial charge in [-0.3, -0.25) is 9.59 Å². The Kier molecular flexibility index (Phi) is 5.62. The number of carbonyl (C=O) groups excluding carboxylic acids is 1. The van der Waals surface area contributed by atoms with Crippen LogP contribution in [0.25, 0.3) is 0 Å². The zero-order valence-electron chi connectivity index (χ0n) is 15.0. The molecule has 0 aliphatic heterocycles. The van der Waals surface area contributed by atoms with E-state index in [-0.39, 0.29) is 11.2 Å². The maximum absolute atomic E-state index is 12.8. The Morgan fingerprint density at radius 1 is 1.15 bits per heavy atom. The summed E-state index contributed by atoms with van der Waals surface area (Å²) >= 11 is 6.07. The Labute approximate surface area is 162 Å². The molecular weight excluding hydrogens is 364 g/mol. The van der Waals surface area contributed by atoms with E-state index in [1.807, 2.05) is 31.2 Å². The summed E-state index contributed by atoms with van der Waals surface area (Å²) in [6.45, 7) is 2.24. The first-order chi connectivity index (χ1) is 13.0. The SMILES string of the molecule is COc1cccc(Cn2cc(C)cc(NC(=O)c3ccccc3Cl)c2=O)c1. The number of hydrogen-bond donors (Lipinski definition) is 1. The molecule has 0 fully saturated rings. The van der Waals surface area contributed by atoms with Crippen LogP contribution in [0, 0.1) is 6.92 Å². The highest BCUT2D eigenvalue weighted by atomic mass is 35.5. The summed E-state index contributed by atoms with van der Waals surface area (Å²) in [6.07, 6.45) is 1.76. The number of pyridine rings is 1. The minimum Gasteiger partial charge on any atom is -0.497 e. The number of ether oxygens (including phenoxy) is 1. The third-order valence-corrected chi connectivity index (χ3v) is 4.41. The van der Waals surface area contributed by atoms with Crippen LogP contribution in [0.2, 0.25) is 5.02 Å². The number of aryl methyl sites for hydroxylation is 1. The van der Waals surface area contributed by atoms with Gasteiger partial charge < -0.3 is 14.6 Å². The van der Waals surface area contributed by atoms with E-state index in [0.29, 0.717) is 17.1 Å². The monoisotopic (exact) mass is 382 g/mol. The standard InChI is InChI=1S/C21H19ClN2O3/c1-14-10-19(23-20(25)17-8-3-4-9-18(17)22)21(26)24(12-14)13-15-6-5-7-16(11-15)27-2/h3-12H,13H2,1-2H3,(H,23,25). The number of benzene rings is 2. The smallest absolute Gasteiger partial charge is 0.274 e. The molecule has 1 N–H and O–H groups in total. The maximum Gasteiger partial charge on any atom is 0.274 e. The van der Waals surface area contributed by atoms with Gasteiger partial charge in [-0.25, -0.2) is 0 Å².